The molecule has 0 heterocycles. The largest absolute Gasteiger partial charge is 0.374 e. The fourth-order valence-corrected chi connectivity index (χ4v) is 1.42. The predicted octanol–water partition coefficient (Wildman–Crippen LogP) is 0.429. The molecule has 3 atom stereocenters. The Morgan fingerprint density at radius 1 is 1.64 bits per heavy atom. The van der Waals surface area contributed by atoms with E-state index in [0.29, 0.717) is 5.92 Å². The molecule has 2 unspecified atom stereocenters. The van der Waals surface area contributed by atoms with Gasteiger partial charge in [-0.05, 0) is 6.92 Å². The summed E-state index contributed by atoms with van der Waals surface area (Å²) in [6, 6.07) is 0.236. The molecule has 3 N–H and O–H groups in total. The highest BCUT2D eigenvalue weighted by atomic mass is 16.5. The molecule has 0 aromatic carbocycles. The molecule has 1 aliphatic rings. The molecule has 0 saturated carbocycles. The summed E-state index contributed by atoms with van der Waals surface area (Å²) in [5.74, 6) is 5.73. The van der Waals surface area contributed by atoms with E-state index in [2.05, 4.69) is 25.3 Å². The molecule has 0 aliphatic heterocycles. The van der Waals surface area contributed by atoms with Gasteiger partial charge in [-0.25, -0.2) is 0 Å². The lowest BCUT2D eigenvalue weighted by atomic mass is 9.92. The maximum atomic E-state index is 5.36. The van der Waals surface area contributed by atoms with Crippen LogP contribution >= 0.6 is 0 Å². The zero-order valence-electron chi connectivity index (χ0n) is 7.29. The summed E-state index contributed by atoms with van der Waals surface area (Å²) in [4.78, 5) is 0. The lowest BCUT2D eigenvalue weighted by Crippen LogP contribution is -2.43. The van der Waals surface area contributed by atoms with Gasteiger partial charge in [0.1, 0.15) is 0 Å². The van der Waals surface area contributed by atoms with Crippen molar-refractivity contribution in [2.75, 3.05) is 7.11 Å². The molecule has 0 radical (unpaired) electrons. The summed E-state index contributed by atoms with van der Waals surface area (Å²) >= 11 is 0. The van der Waals surface area contributed by atoms with E-state index in [0.717, 1.165) is 0 Å². The van der Waals surface area contributed by atoms with Gasteiger partial charge in [0.15, 0.2) is 0 Å². The van der Waals surface area contributed by atoms with Crippen molar-refractivity contribution >= 4 is 0 Å². The quantitative estimate of drug-likeness (QED) is 0.346. The molecule has 0 spiro atoms. The summed E-state index contributed by atoms with van der Waals surface area (Å²) in [7, 11) is 1.72. The van der Waals surface area contributed by atoms with Gasteiger partial charge in [-0.2, -0.15) is 0 Å². The molecule has 0 saturated heterocycles. The van der Waals surface area contributed by atoms with Crippen molar-refractivity contribution in [1.82, 2.24) is 5.43 Å². The number of nitrogens with two attached hydrogens (primary N) is 1. The Morgan fingerprint density at radius 2 is 2.27 bits per heavy atom. The van der Waals surface area contributed by atoms with Gasteiger partial charge in [0.2, 0.25) is 0 Å². The summed E-state index contributed by atoms with van der Waals surface area (Å²) in [5, 5.41) is 0. The van der Waals surface area contributed by atoms with Gasteiger partial charge in [-0.3, -0.25) is 11.3 Å². The minimum absolute atomic E-state index is 0.156. The van der Waals surface area contributed by atoms with E-state index < -0.39 is 0 Å². The second-order valence-corrected chi connectivity index (χ2v) is 3.23. The molecular weight excluding hydrogens is 140 g/mol. The van der Waals surface area contributed by atoms with E-state index in [9.17, 15) is 0 Å². The van der Waals surface area contributed by atoms with Crippen LogP contribution in [0.1, 0.15) is 13.8 Å². The average Bonchev–Trinajstić information content (AvgIpc) is 2.31. The van der Waals surface area contributed by atoms with Crippen LogP contribution in [0.15, 0.2) is 12.2 Å². The number of hydrazine groups is 1. The van der Waals surface area contributed by atoms with Gasteiger partial charge in [-0.15, -0.1) is 0 Å². The third-order valence-corrected chi connectivity index (χ3v) is 2.71. The number of hydrogen-bond acceptors (Lipinski definition) is 3. The first kappa shape index (κ1) is 8.71. The summed E-state index contributed by atoms with van der Waals surface area (Å²) in [6.45, 7) is 4.18. The van der Waals surface area contributed by atoms with E-state index >= 15 is 0 Å². The molecule has 0 aromatic rings. The SMILES string of the molecule is COC1(C)C=CC(NN)[C@H]1C. The number of hydrogen-bond donors (Lipinski definition) is 2. The van der Waals surface area contributed by atoms with Crippen LogP contribution in [-0.4, -0.2) is 18.8 Å². The van der Waals surface area contributed by atoms with Crippen molar-refractivity contribution < 1.29 is 4.74 Å². The minimum atomic E-state index is -0.156. The fourth-order valence-electron chi connectivity index (χ4n) is 1.42. The number of rotatable bonds is 2. The van der Waals surface area contributed by atoms with Crippen molar-refractivity contribution in [1.29, 1.82) is 0 Å². The third-order valence-electron chi connectivity index (χ3n) is 2.71. The molecule has 0 bridgehead atoms. The highest BCUT2D eigenvalue weighted by Gasteiger charge is 2.37. The van der Waals surface area contributed by atoms with Gasteiger partial charge in [0.25, 0.3) is 0 Å². The summed E-state index contributed by atoms with van der Waals surface area (Å²) < 4.78 is 5.36. The first-order valence-electron chi connectivity index (χ1n) is 3.84. The Labute approximate surface area is 67.6 Å². The summed E-state index contributed by atoms with van der Waals surface area (Å²) in [6.07, 6.45) is 4.11. The van der Waals surface area contributed by atoms with Crippen molar-refractivity contribution in [2.45, 2.75) is 25.5 Å². The van der Waals surface area contributed by atoms with E-state index in [4.69, 9.17) is 10.6 Å². The van der Waals surface area contributed by atoms with Crippen LogP contribution in [0, 0.1) is 5.92 Å². The second kappa shape index (κ2) is 2.93. The van der Waals surface area contributed by atoms with Crippen molar-refractivity contribution in [3.63, 3.8) is 0 Å². The van der Waals surface area contributed by atoms with E-state index in [-0.39, 0.29) is 11.6 Å². The Bertz CT molecular complexity index is 169. The van der Waals surface area contributed by atoms with Gasteiger partial charge in [0.05, 0.1) is 5.60 Å². The monoisotopic (exact) mass is 156 g/mol. The molecule has 3 heteroatoms. The molecule has 11 heavy (non-hydrogen) atoms. The zero-order chi connectivity index (χ0) is 8.48. The smallest absolute Gasteiger partial charge is 0.0875 e. The van der Waals surface area contributed by atoms with Crippen molar-refractivity contribution in [3.05, 3.63) is 12.2 Å². The van der Waals surface area contributed by atoms with Crippen molar-refractivity contribution in [3.8, 4) is 0 Å². The van der Waals surface area contributed by atoms with E-state index in [1.165, 1.54) is 0 Å². The van der Waals surface area contributed by atoms with Gasteiger partial charge < -0.3 is 4.74 Å². The molecule has 0 aromatic heterocycles. The molecule has 64 valence electrons. The summed E-state index contributed by atoms with van der Waals surface area (Å²) in [5.41, 5.74) is 2.58. The first-order chi connectivity index (χ1) is 5.14. The Kier molecular flexibility index (Phi) is 2.32. The topological polar surface area (TPSA) is 47.3 Å². The lowest BCUT2D eigenvalue weighted by molar-refractivity contribution is 0.00617. The Balaban J connectivity index is 2.70. The second-order valence-electron chi connectivity index (χ2n) is 3.23. The van der Waals surface area contributed by atoms with Crippen LogP contribution in [0.4, 0.5) is 0 Å². The Morgan fingerprint density at radius 3 is 2.55 bits per heavy atom. The molecule has 3 nitrogen and oxygen atoms in total. The minimum Gasteiger partial charge on any atom is -0.374 e. The van der Waals surface area contributed by atoms with Crippen LogP contribution in [0.25, 0.3) is 0 Å². The van der Waals surface area contributed by atoms with Crippen LogP contribution in [0.3, 0.4) is 0 Å². The van der Waals surface area contributed by atoms with Gasteiger partial charge >= 0.3 is 0 Å². The van der Waals surface area contributed by atoms with Crippen LogP contribution < -0.4 is 11.3 Å². The maximum Gasteiger partial charge on any atom is 0.0875 e. The van der Waals surface area contributed by atoms with Crippen LogP contribution in [0.2, 0.25) is 0 Å². The van der Waals surface area contributed by atoms with E-state index in [1.54, 1.807) is 7.11 Å². The standard InChI is InChI=1S/C8H16N2O/c1-6-7(10-9)4-5-8(6,2)11-3/h4-7,10H,9H2,1-3H3/t6-,7?,8?/m1/s1. The average molecular weight is 156 g/mol. The van der Waals surface area contributed by atoms with E-state index in [1.807, 2.05) is 6.08 Å². The van der Waals surface area contributed by atoms with Crippen molar-refractivity contribution in [2.24, 2.45) is 11.8 Å². The molecule has 1 rings (SSSR count). The molecule has 1 aliphatic carbocycles. The number of nitrogens with one attached hydrogen (secondary N) is 1. The maximum absolute atomic E-state index is 5.36. The number of ether oxygens (including phenoxy) is 1. The fraction of sp³-hybridized carbons (Fsp3) is 0.750. The zero-order valence-corrected chi connectivity index (χ0v) is 7.29. The highest BCUT2D eigenvalue weighted by molar-refractivity contribution is 5.17. The van der Waals surface area contributed by atoms with Crippen LogP contribution in [-0.2, 0) is 4.74 Å². The van der Waals surface area contributed by atoms with Gasteiger partial charge in [0, 0.05) is 19.1 Å². The Hall–Kier alpha value is -0.380. The lowest BCUT2D eigenvalue weighted by Gasteiger charge is -2.29. The third kappa shape index (κ3) is 1.31. The normalized spacial score (nSPS) is 43.3. The highest BCUT2D eigenvalue weighted by Crippen LogP contribution is 2.31. The van der Waals surface area contributed by atoms with Gasteiger partial charge in [-0.1, -0.05) is 19.1 Å². The first-order valence-corrected chi connectivity index (χ1v) is 3.84. The molecule has 0 amide bonds. The predicted molar refractivity (Wildman–Crippen MR) is 44.8 cm³/mol. The molecular formula is C8H16N2O. The van der Waals surface area contributed by atoms with Crippen LogP contribution in [0.5, 0.6) is 0 Å². The number of methoxy groups -OCH3 is 1. The molecule has 0 fully saturated rings.